The SMILES string of the molecule is CCCCCCCCCCCCCCCCCCC(=O)O[C@H](COC(=O)CCCCCCCCCCCCCCCCC)COP(=O)(O)OC[C@@H](O)COP(=O)(O)OC[C@@H](COC(=O)CCCCCCCCC(C)CC)OC(=O)CCCCCCCCCCCCC(C)CC. The highest BCUT2D eigenvalue weighted by atomic mass is 31.2. The van der Waals surface area contributed by atoms with Crippen molar-refractivity contribution in [3.05, 3.63) is 0 Å². The van der Waals surface area contributed by atoms with E-state index in [0.717, 1.165) is 108 Å². The third-order valence-corrected chi connectivity index (χ3v) is 20.3. The van der Waals surface area contributed by atoms with Gasteiger partial charge in [0, 0.05) is 25.7 Å². The summed E-state index contributed by atoms with van der Waals surface area (Å²) < 4.78 is 68.6. The van der Waals surface area contributed by atoms with Crippen LogP contribution in [-0.2, 0) is 65.4 Å². The van der Waals surface area contributed by atoms with Crippen LogP contribution < -0.4 is 0 Å². The Morgan fingerprint density at radius 2 is 0.505 bits per heavy atom. The summed E-state index contributed by atoms with van der Waals surface area (Å²) in [7, 11) is -9.91. The number of aliphatic hydroxyl groups excluding tert-OH is 1. The van der Waals surface area contributed by atoms with Crippen molar-refractivity contribution in [1.29, 1.82) is 0 Å². The molecule has 0 aliphatic carbocycles. The molecule has 0 aromatic heterocycles. The molecule has 0 aliphatic heterocycles. The number of aliphatic hydroxyl groups is 1. The standard InChI is InChI=1S/C76H148O17P2/c1-7-11-13-15-17-19-21-23-25-27-29-31-36-40-48-54-60-75(80)92-71(64-86-73(78)58-52-46-39-35-30-28-26-24-22-20-18-16-14-12-8-2)66-90-94(82,83)88-62-70(77)63-89-95(84,85)91-67-72(65-87-74(79)59-53-47-43-42-45-51-57-69(6)10-4)93-76(81)61-55-49-41-37-33-32-34-38-44-50-56-68(5)9-3/h68-72,77H,7-67H2,1-6H3,(H,82,83)(H,84,85)/t68?,69?,70-,71-,72-/m1/s1. The van der Waals surface area contributed by atoms with Crippen LogP contribution >= 0.6 is 15.6 Å². The number of phosphoric acid groups is 2. The van der Waals surface area contributed by atoms with Crippen molar-refractivity contribution in [2.24, 2.45) is 11.8 Å². The fraction of sp³-hybridized carbons (Fsp3) is 0.947. The van der Waals surface area contributed by atoms with Gasteiger partial charge in [0.1, 0.15) is 19.3 Å². The largest absolute Gasteiger partial charge is 0.472 e. The number of carbonyl (C=O) groups is 4. The van der Waals surface area contributed by atoms with Crippen molar-refractivity contribution < 1.29 is 80.2 Å². The van der Waals surface area contributed by atoms with E-state index in [1.54, 1.807) is 0 Å². The minimum absolute atomic E-state index is 0.106. The number of rotatable bonds is 75. The Hall–Kier alpha value is -1.94. The third kappa shape index (κ3) is 67.6. The van der Waals surface area contributed by atoms with E-state index in [1.165, 1.54) is 205 Å². The molecule has 0 saturated carbocycles. The Kier molecular flexibility index (Phi) is 66.5. The van der Waals surface area contributed by atoms with E-state index >= 15 is 0 Å². The van der Waals surface area contributed by atoms with E-state index in [-0.39, 0.29) is 25.7 Å². The average Bonchev–Trinajstić information content (AvgIpc) is 2.00. The van der Waals surface area contributed by atoms with Crippen LogP contribution in [0.3, 0.4) is 0 Å². The lowest BCUT2D eigenvalue weighted by Crippen LogP contribution is -2.30. The van der Waals surface area contributed by atoms with Crippen molar-refractivity contribution in [3.63, 3.8) is 0 Å². The van der Waals surface area contributed by atoms with Crippen LogP contribution in [0.4, 0.5) is 0 Å². The van der Waals surface area contributed by atoms with E-state index in [2.05, 4.69) is 41.5 Å². The maximum atomic E-state index is 13.1. The van der Waals surface area contributed by atoms with E-state index in [4.69, 9.17) is 37.0 Å². The van der Waals surface area contributed by atoms with Crippen LogP contribution in [0.5, 0.6) is 0 Å². The normalized spacial score (nSPS) is 14.6. The van der Waals surface area contributed by atoms with Crippen LogP contribution in [0, 0.1) is 11.8 Å². The molecule has 0 amide bonds. The number of unbranched alkanes of at least 4 members (excludes halogenated alkanes) is 43. The molecule has 17 nitrogen and oxygen atoms in total. The van der Waals surface area contributed by atoms with Crippen LogP contribution in [0.15, 0.2) is 0 Å². The molecule has 7 atom stereocenters. The van der Waals surface area contributed by atoms with Crippen molar-refractivity contribution in [2.45, 2.75) is 413 Å². The van der Waals surface area contributed by atoms with Crippen molar-refractivity contribution >= 4 is 39.5 Å². The molecule has 0 aromatic carbocycles. The summed E-state index contributed by atoms with van der Waals surface area (Å²) in [5.41, 5.74) is 0. The number of hydrogen-bond donors (Lipinski definition) is 3. The molecule has 0 bridgehead atoms. The molecule has 0 aliphatic rings. The van der Waals surface area contributed by atoms with Gasteiger partial charge in [-0.15, -0.1) is 0 Å². The Bertz CT molecular complexity index is 1840. The average molecular weight is 1400 g/mol. The molecular formula is C76H148O17P2. The second-order valence-corrected chi connectivity index (χ2v) is 30.8. The summed E-state index contributed by atoms with van der Waals surface area (Å²) >= 11 is 0. The van der Waals surface area contributed by atoms with Gasteiger partial charge in [0.05, 0.1) is 26.4 Å². The molecule has 0 heterocycles. The van der Waals surface area contributed by atoms with Crippen LogP contribution in [-0.4, -0.2) is 96.7 Å². The summed E-state index contributed by atoms with van der Waals surface area (Å²) in [6.07, 6.45) is 55.3. The zero-order chi connectivity index (χ0) is 70.0. The highest BCUT2D eigenvalue weighted by Gasteiger charge is 2.30. The molecule has 0 spiro atoms. The number of carbonyl (C=O) groups excluding carboxylic acids is 4. The van der Waals surface area contributed by atoms with Crippen molar-refractivity contribution in [3.8, 4) is 0 Å². The minimum atomic E-state index is -4.96. The van der Waals surface area contributed by atoms with Gasteiger partial charge in [-0.25, -0.2) is 9.13 Å². The Balaban J connectivity index is 5.26. The number of ether oxygens (including phenoxy) is 4. The van der Waals surface area contributed by atoms with E-state index in [1.807, 2.05) is 0 Å². The fourth-order valence-electron chi connectivity index (χ4n) is 11.6. The minimum Gasteiger partial charge on any atom is -0.462 e. The first-order valence-electron chi connectivity index (χ1n) is 39.6. The first-order valence-corrected chi connectivity index (χ1v) is 42.6. The lowest BCUT2D eigenvalue weighted by atomic mass is 9.99. The maximum absolute atomic E-state index is 13.1. The molecule has 95 heavy (non-hydrogen) atoms. The van der Waals surface area contributed by atoms with Crippen LogP contribution in [0.25, 0.3) is 0 Å². The second-order valence-electron chi connectivity index (χ2n) is 27.9. The van der Waals surface area contributed by atoms with E-state index in [0.29, 0.717) is 25.7 Å². The summed E-state index contributed by atoms with van der Waals surface area (Å²) in [5.74, 6) is -0.581. The predicted molar refractivity (Wildman–Crippen MR) is 386 cm³/mol. The summed E-state index contributed by atoms with van der Waals surface area (Å²) in [6.45, 7) is 9.59. The topological polar surface area (TPSA) is 237 Å². The number of hydrogen-bond acceptors (Lipinski definition) is 15. The Morgan fingerprint density at radius 1 is 0.295 bits per heavy atom. The smallest absolute Gasteiger partial charge is 0.462 e. The molecule has 0 fully saturated rings. The molecule has 3 N–H and O–H groups in total. The first-order chi connectivity index (χ1) is 45.9. The molecule has 0 rings (SSSR count). The Morgan fingerprint density at radius 3 is 0.747 bits per heavy atom. The molecule has 4 unspecified atom stereocenters. The van der Waals surface area contributed by atoms with Gasteiger partial charge in [-0.2, -0.15) is 0 Å². The van der Waals surface area contributed by atoms with Gasteiger partial charge in [0.15, 0.2) is 12.2 Å². The second kappa shape index (κ2) is 67.9. The summed E-state index contributed by atoms with van der Waals surface area (Å²) in [4.78, 5) is 72.8. The van der Waals surface area contributed by atoms with Gasteiger partial charge < -0.3 is 33.8 Å². The molecule has 0 saturated heterocycles. The molecular weight excluding hydrogens is 1250 g/mol. The Labute approximate surface area is 581 Å². The highest BCUT2D eigenvalue weighted by Crippen LogP contribution is 2.45. The fourth-order valence-corrected chi connectivity index (χ4v) is 13.2. The van der Waals surface area contributed by atoms with Crippen molar-refractivity contribution in [1.82, 2.24) is 0 Å². The van der Waals surface area contributed by atoms with Gasteiger partial charge in [-0.3, -0.25) is 37.3 Å². The molecule has 564 valence electrons. The first kappa shape index (κ1) is 93.1. The number of phosphoric ester groups is 2. The third-order valence-electron chi connectivity index (χ3n) is 18.4. The quantitative estimate of drug-likeness (QED) is 0.0222. The lowest BCUT2D eigenvalue weighted by molar-refractivity contribution is -0.161. The number of esters is 4. The van der Waals surface area contributed by atoms with Gasteiger partial charge in [-0.05, 0) is 37.5 Å². The summed E-state index contributed by atoms with van der Waals surface area (Å²) in [6, 6.07) is 0. The van der Waals surface area contributed by atoms with Gasteiger partial charge >= 0.3 is 39.5 Å². The molecule has 0 aromatic rings. The zero-order valence-electron chi connectivity index (χ0n) is 62.0. The molecule has 19 heteroatoms. The van der Waals surface area contributed by atoms with Gasteiger partial charge in [0.2, 0.25) is 0 Å². The van der Waals surface area contributed by atoms with E-state index in [9.17, 15) is 43.2 Å². The zero-order valence-corrected chi connectivity index (χ0v) is 63.8. The maximum Gasteiger partial charge on any atom is 0.472 e. The highest BCUT2D eigenvalue weighted by molar-refractivity contribution is 7.47. The lowest BCUT2D eigenvalue weighted by Gasteiger charge is -2.21. The van der Waals surface area contributed by atoms with Crippen molar-refractivity contribution in [2.75, 3.05) is 39.6 Å². The monoisotopic (exact) mass is 1400 g/mol. The van der Waals surface area contributed by atoms with Crippen LogP contribution in [0.2, 0.25) is 0 Å². The predicted octanol–water partition coefficient (Wildman–Crippen LogP) is 22.3. The van der Waals surface area contributed by atoms with Gasteiger partial charge in [0.25, 0.3) is 0 Å². The van der Waals surface area contributed by atoms with Gasteiger partial charge in [-0.1, -0.05) is 343 Å². The molecule has 0 radical (unpaired) electrons. The summed E-state index contributed by atoms with van der Waals surface area (Å²) in [5, 5.41) is 10.6. The van der Waals surface area contributed by atoms with Crippen LogP contribution in [0.1, 0.15) is 395 Å². The van der Waals surface area contributed by atoms with E-state index < -0.39 is 97.5 Å².